The van der Waals surface area contributed by atoms with Crippen LogP contribution in [-0.4, -0.2) is 17.0 Å². The standard InChI is InChI=1S/C13H18BrO2/c1-2-6-11-12(15)7-5-8-13(11)16-10-4-3-9-14/h5,8,15H,2-4,6,9-10H2,1H3. The van der Waals surface area contributed by atoms with Gasteiger partial charge < -0.3 is 9.84 Å². The number of alkyl halides is 1. The number of aromatic hydroxyl groups is 1. The molecule has 1 N–H and O–H groups in total. The number of ether oxygens (including phenoxy) is 1. The minimum Gasteiger partial charge on any atom is -0.507 e. The number of hydrogen-bond acceptors (Lipinski definition) is 2. The Hall–Kier alpha value is -0.700. The van der Waals surface area contributed by atoms with E-state index in [1.54, 1.807) is 6.07 Å². The smallest absolute Gasteiger partial charge is 0.130 e. The molecule has 89 valence electrons. The van der Waals surface area contributed by atoms with Crippen LogP contribution in [0.3, 0.4) is 0 Å². The van der Waals surface area contributed by atoms with Gasteiger partial charge in [0.15, 0.2) is 0 Å². The van der Waals surface area contributed by atoms with Crippen LogP contribution in [0.25, 0.3) is 0 Å². The second-order valence-electron chi connectivity index (χ2n) is 3.66. The second kappa shape index (κ2) is 7.55. The summed E-state index contributed by atoms with van der Waals surface area (Å²) < 4.78 is 5.67. The number of hydrogen-bond donors (Lipinski definition) is 1. The first-order valence-corrected chi connectivity index (χ1v) is 6.83. The number of phenolic OH excluding ortho intramolecular Hbond substituents is 1. The molecule has 0 heterocycles. The van der Waals surface area contributed by atoms with Gasteiger partial charge in [-0.3, -0.25) is 0 Å². The Labute approximate surface area is 106 Å². The van der Waals surface area contributed by atoms with Crippen LogP contribution in [0, 0.1) is 6.07 Å². The highest BCUT2D eigenvalue weighted by atomic mass is 79.9. The van der Waals surface area contributed by atoms with Gasteiger partial charge in [-0.15, -0.1) is 0 Å². The lowest BCUT2D eigenvalue weighted by Crippen LogP contribution is -2.00. The molecule has 0 unspecified atom stereocenters. The molecule has 1 aromatic carbocycles. The van der Waals surface area contributed by atoms with Crippen LogP contribution < -0.4 is 4.74 Å². The van der Waals surface area contributed by atoms with E-state index in [9.17, 15) is 5.11 Å². The predicted octanol–water partition coefficient (Wildman–Crippen LogP) is 3.70. The van der Waals surface area contributed by atoms with E-state index < -0.39 is 0 Å². The molecule has 1 radical (unpaired) electrons. The van der Waals surface area contributed by atoms with Crippen LogP contribution in [0.4, 0.5) is 0 Å². The summed E-state index contributed by atoms with van der Waals surface area (Å²) in [7, 11) is 0. The Balaban J connectivity index is 2.59. The molecule has 0 saturated heterocycles. The summed E-state index contributed by atoms with van der Waals surface area (Å²) in [6.07, 6.45) is 3.95. The van der Waals surface area contributed by atoms with Crippen LogP contribution in [0.1, 0.15) is 31.7 Å². The molecule has 3 heteroatoms. The molecular formula is C13H18BrO2. The van der Waals surface area contributed by atoms with E-state index in [4.69, 9.17) is 4.74 Å². The van der Waals surface area contributed by atoms with Gasteiger partial charge in [-0.2, -0.15) is 0 Å². The highest BCUT2D eigenvalue weighted by molar-refractivity contribution is 9.09. The van der Waals surface area contributed by atoms with Crippen molar-refractivity contribution in [3.63, 3.8) is 0 Å². The summed E-state index contributed by atoms with van der Waals surface area (Å²) in [5.41, 5.74) is 0.879. The van der Waals surface area contributed by atoms with E-state index in [1.165, 1.54) is 0 Å². The maximum absolute atomic E-state index is 9.68. The van der Waals surface area contributed by atoms with E-state index in [-0.39, 0.29) is 5.75 Å². The number of rotatable bonds is 7. The van der Waals surface area contributed by atoms with Crippen molar-refractivity contribution in [3.05, 3.63) is 23.8 Å². The minimum absolute atomic E-state index is 0.222. The fraction of sp³-hybridized carbons (Fsp3) is 0.538. The molecule has 0 bridgehead atoms. The van der Waals surface area contributed by atoms with Gasteiger partial charge in [0.05, 0.1) is 6.61 Å². The molecule has 0 aromatic heterocycles. The number of unbranched alkanes of at least 4 members (excludes halogenated alkanes) is 1. The van der Waals surface area contributed by atoms with Crippen molar-refractivity contribution >= 4 is 15.9 Å². The van der Waals surface area contributed by atoms with Crippen LogP contribution >= 0.6 is 15.9 Å². The maximum Gasteiger partial charge on any atom is 0.130 e. The molecule has 0 saturated carbocycles. The molecule has 1 rings (SSSR count). The lowest BCUT2D eigenvalue weighted by Gasteiger charge is -2.11. The van der Waals surface area contributed by atoms with Crippen LogP contribution in [0.5, 0.6) is 11.5 Å². The molecule has 0 fully saturated rings. The summed E-state index contributed by atoms with van der Waals surface area (Å²) in [4.78, 5) is 0. The number of benzene rings is 1. The minimum atomic E-state index is 0.222. The Morgan fingerprint density at radius 2 is 2.25 bits per heavy atom. The monoisotopic (exact) mass is 285 g/mol. The van der Waals surface area contributed by atoms with Gasteiger partial charge in [-0.25, -0.2) is 0 Å². The molecular weight excluding hydrogens is 268 g/mol. The van der Waals surface area contributed by atoms with Gasteiger partial charge in [-0.1, -0.05) is 29.3 Å². The zero-order valence-electron chi connectivity index (χ0n) is 9.63. The normalized spacial score (nSPS) is 10.4. The van der Waals surface area contributed by atoms with Crippen LogP contribution in [-0.2, 0) is 6.42 Å². The highest BCUT2D eigenvalue weighted by Crippen LogP contribution is 2.28. The van der Waals surface area contributed by atoms with E-state index >= 15 is 0 Å². The SMILES string of the molecule is CCCc1c(O)[c]ccc1OCCCCBr. The third-order valence-corrected chi connectivity index (χ3v) is 2.88. The van der Waals surface area contributed by atoms with Gasteiger partial charge in [0.25, 0.3) is 0 Å². The third kappa shape index (κ3) is 4.05. The zero-order valence-corrected chi connectivity index (χ0v) is 11.2. The predicted molar refractivity (Wildman–Crippen MR) is 69.5 cm³/mol. The molecule has 0 spiro atoms. The second-order valence-corrected chi connectivity index (χ2v) is 4.46. The van der Waals surface area contributed by atoms with Crippen LogP contribution in [0.2, 0.25) is 0 Å². The molecule has 0 aliphatic rings. The quantitative estimate of drug-likeness (QED) is 0.611. The average Bonchev–Trinajstić information content (AvgIpc) is 2.29. The Morgan fingerprint density at radius 1 is 1.44 bits per heavy atom. The zero-order chi connectivity index (χ0) is 11.8. The van der Waals surface area contributed by atoms with Crippen molar-refractivity contribution in [2.45, 2.75) is 32.6 Å². The number of phenols is 1. The molecule has 16 heavy (non-hydrogen) atoms. The van der Waals surface area contributed by atoms with Crippen molar-refractivity contribution < 1.29 is 9.84 Å². The number of halogens is 1. The highest BCUT2D eigenvalue weighted by Gasteiger charge is 2.07. The van der Waals surface area contributed by atoms with Crippen LogP contribution in [0.15, 0.2) is 12.1 Å². The average molecular weight is 286 g/mol. The summed E-state index contributed by atoms with van der Waals surface area (Å²) in [6, 6.07) is 6.37. The van der Waals surface area contributed by atoms with Gasteiger partial charge in [0, 0.05) is 17.0 Å². The topological polar surface area (TPSA) is 29.5 Å². The van der Waals surface area contributed by atoms with E-state index in [0.717, 1.165) is 42.3 Å². The van der Waals surface area contributed by atoms with E-state index in [1.807, 2.05) is 6.07 Å². The van der Waals surface area contributed by atoms with Gasteiger partial charge in [-0.05, 0) is 31.4 Å². The van der Waals surface area contributed by atoms with E-state index in [0.29, 0.717) is 6.61 Å². The molecule has 0 amide bonds. The Bertz CT molecular complexity index is 313. The summed E-state index contributed by atoms with van der Waals surface area (Å²) in [5, 5.41) is 10.7. The first-order valence-electron chi connectivity index (χ1n) is 5.71. The molecule has 0 atom stereocenters. The fourth-order valence-electron chi connectivity index (χ4n) is 1.51. The van der Waals surface area contributed by atoms with Crippen molar-refractivity contribution in [3.8, 4) is 11.5 Å². The molecule has 1 aromatic rings. The van der Waals surface area contributed by atoms with Crippen molar-refractivity contribution in [2.24, 2.45) is 0 Å². The summed E-state index contributed by atoms with van der Waals surface area (Å²) in [6.45, 7) is 2.78. The van der Waals surface area contributed by atoms with Gasteiger partial charge in [0.1, 0.15) is 11.5 Å². The third-order valence-electron chi connectivity index (χ3n) is 2.32. The lowest BCUT2D eigenvalue weighted by atomic mass is 10.1. The fourth-order valence-corrected chi connectivity index (χ4v) is 1.90. The largest absolute Gasteiger partial charge is 0.507 e. The van der Waals surface area contributed by atoms with Crippen molar-refractivity contribution in [1.29, 1.82) is 0 Å². The van der Waals surface area contributed by atoms with Crippen molar-refractivity contribution in [1.82, 2.24) is 0 Å². The summed E-state index contributed by atoms with van der Waals surface area (Å²) >= 11 is 3.39. The molecule has 0 aliphatic heterocycles. The van der Waals surface area contributed by atoms with E-state index in [2.05, 4.69) is 28.9 Å². The maximum atomic E-state index is 9.68. The first-order chi connectivity index (χ1) is 7.79. The lowest BCUT2D eigenvalue weighted by molar-refractivity contribution is 0.304. The molecule has 0 aliphatic carbocycles. The Morgan fingerprint density at radius 3 is 2.94 bits per heavy atom. The summed E-state index contributed by atoms with van der Waals surface area (Å²) in [5.74, 6) is 1.02. The van der Waals surface area contributed by atoms with Crippen molar-refractivity contribution in [2.75, 3.05) is 11.9 Å². The Kier molecular flexibility index (Phi) is 6.31. The van der Waals surface area contributed by atoms with Gasteiger partial charge >= 0.3 is 0 Å². The van der Waals surface area contributed by atoms with Gasteiger partial charge in [0.2, 0.25) is 0 Å². The first kappa shape index (κ1) is 13.4. The molecule has 2 nitrogen and oxygen atoms in total.